The molecular weight excluding hydrogens is 376 g/mol. The summed E-state index contributed by atoms with van der Waals surface area (Å²) >= 11 is 0. The van der Waals surface area contributed by atoms with Gasteiger partial charge in [-0.3, -0.25) is 9.59 Å². The lowest BCUT2D eigenvalue weighted by atomic mass is 9.88. The van der Waals surface area contributed by atoms with Gasteiger partial charge in [-0.25, -0.2) is 0 Å². The molecule has 2 N–H and O–H groups in total. The Morgan fingerprint density at radius 3 is 1.90 bits per heavy atom. The Morgan fingerprint density at radius 2 is 1.45 bits per heavy atom. The number of nitrogens with one attached hydrogen (secondary N) is 2. The van der Waals surface area contributed by atoms with Crippen molar-refractivity contribution in [3.8, 4) is 0 Å². The third kappa shape index (κ3) is 13.4. The fourth-order valence-corrected chi connectivity index (χ4v) is 2.28. The van der Waals surface area contributed by atoms with Crippen molar-refractivity contribution in [1.82, 2.24) is 10.6 Å². The molecule has 0 spiro atoms. The molecule has 1 atom stereocenters. The van der Waals surface area contributed by atoms with Crippen molar-refractivity contribution in [3.05, 3.63) is 12.2 Å². The number of ether oxygens (including phenoxy) is 4. The SMILES string of the molecule is C=C(C)C(=O)NCCOCC(CC)(COCCNC(=O)C(C)C)COCCOC. The number of carbonyl (C=O) groups is 2. The fraction of sp³-hybridized carbons (Fsp3) is 0.810. The van der Waals surface area contributed by atoms with Crippen LogP contribution in [0.3, 0.4) is 0 Å². The van der Waals surface area contributed by atoms with Crippen molar-refractivity contribution in [3.63, 3.8) is 0 Å². The van der Waals surface area contributed by atoms with Crippen LogP contribution in [-0.2, 0) is 28.5 Å². The van der Waals surface area contributed by atoms with Crippen molar-refractivity contribution >= 4 is 11.8 Å². The van der Waals surface area contributed by atoms with E-state index in [-0.39, 0.29) is 23.1 Å². The van der Waals surface area contributed by atoms with Crippen LogP contribution in [0.25, 0.3) is 0 Å². The summed E-state index contributed by atoms with van der Waals surface area (Å²) in [7, 11) is 1.63. The summed E-state index contributed by atoms with van der Waals surface area (Å²) in [6.07, 6.45) is 0.802. The van der Waals surface area contributed by atoms with Crippen molar-refractivity contribution < 1.29 is 28.5 Å². The molecular formula is C21H40N2O6. The van der Waals surface area contributed by atoms with Gasteiger partial charge in [-0.2, -0.15) is 0 Å². The standard InChI is InChI=1S/C21H40N2O6/c1-7-21(16-29-13-12-26-6,14-27-10-8-22-19(24)17(2)3)15-28-11-9-23-20(25)18(4)5/h18H,2,7-16H2,1,3-6H3,(H,22,24)(H,23,25). The molecule has 0 aromatic heterocycles. The third-order valence-electron chi connectivity index (χ3n) is 4.40. The maximum Gasteiger partial charge on any atom is 0.246 e. The first-order chi connectivity index (χ1) is 13.8. The second-order valence-electron chi connectivity index (χ2n) is 7.49. The highest BCUT2D eigenvalue weighted by Gasteiger charge is 2.30. The molecule has 29 heavy (non-hydrogen) atoms. The van der Waals surface area contributed by atoms with E-state index in [2.05, 4.69) is 24.1 Å². The maximum atomic E-state index is 11.6. The summed E-state index contributed by atoms with van der Waals surface area (Å²) in [5, 5.41) is 5.58. The molecule has 8 heteroatoms. The van der Waals surface area contributed by atoms with Crippen molar-refractivity contribution in [2.75, 3.05) is 66.4 Å². The molecule has 0 radical (unpaired) electrons. The van der Waals surface area contributed by atoms with E-state index >= 15 is 0 Å². The summed E-state index contributed by atoms with van der Waals surface area (Å²) in [5.74, 6) is -0.207. The van der Waals surface area contributed by atoms with Crippen LogP contribution < -0.4 is 10.6 Å². The minimum Gasteiger partial charge on any atom is -0.382 e. The number of hydrogen-bond acceptors (Lipinski definition) is 6. The van der Waals surface area contributed by atoms with Crippen LogP contribution in [0.2, 0.25) is 0 Å². The van der Waals surface area contributed by atoms with Gasteiger partial charge in [-0.15, -0.1) is 0 Å². The molecule has 0 fully saturated rings. The molecule has 0 bridgehead atoms. The van der Waals surface area contributed by atoms with Gasteiger partial charge in [0, 0.05) is 37.1 Å². The van der Waals surface area contributed by atoms with Crippen molar-refractivity contribution in [2.45, 2.75) is 34.1 Å². The van der Waals surface area contributed by atoms with E-state index in [0.29, 0.717) is 64.9 Å². The Labute approximate surface area is 175 Å². The van der Waals surface area contributed by atoms with Crippen molar-refractivity contribution in [2.24, 2.45) is 11.3 Å². The average Bonchev–Trinajstić information content (AvgIpc) is 2.69. The number of rotatable bonds is 18. The first-order valence-corrected chi connectivity index (χ1v) is 10.2. The Morgan fingerprint density at radius 1 is 0.931 bits per heavy atom. The van der Waals surface area contributed by atoms with Crippen LogP contribution in [0, 0.1) is 11.3 Å². The lowest BCUT2D eigenvalue weighted by Crippen LogP contribution is -2.39. The average molecular weight is 417 g/mol. The monoisotopic (exact) mass is 416 g/mol. The van der Waals surface area contributed by atoms with E-state index in [4.69, 9.17) is 18.9 Å². The largest absolute Gasteiger partial charge is 0.382 e. The normalized spacial score (nSPS) is 13.2. The Balaban J connectivity index is 4.44. The highest BCUT2D eigenvalue weighted by molar-refractivity contribution is 5.92. The summed E-state index contributed by atoms with van der Waals surface area (Å²) in [4.78, 5) is 23.1. The Kier molecular flexibility index (Phi) is 15.5. The number of methoxy groups -OCH3 is 1. The lowest BCUT2D eigenvalue weighted by Gasteiger charge is -2.32. The summed E-state index contributed by atoms with van der Waals surface area (Å²) in [6.45, 7) is 15.1. The van der Waals surface area contributed by atoms with E-state index in [1.54, 1.807) is 14.0 Å². The molecule has 0 aliphatic carbocycles. The minimum absolute atomic E-state index is 0.0124. The van der Waals surface area contributed by atoms with Crippen LogP contribution in [0.1, 0.15) is 34.1 Å². The Hall–Kier alpha value is -1.48. The van der Waals surface area contributed by atoms with E-state index < -0.39 is 0 Å². The summed E-state index contributed by atoms with van der Waals surface area (Å²) in [6, 6.07) is 0. The number of hydrogen-bond donors (Lipinski definition) is 2. The second-order valence-corrected chi connectivity index (χ2v) is 7.49. The zero-order valence-electron chi connectivity index (χ0n) is 18.8. The van der Waals surface area contributed by atoms with Crippen LogP contribution in [0.15, 0.2) is 12.2 Å². The minimum atomic E-state index is -0.311. The molecule has 1 unspecified atom stereocenters. The smallest absolute Gasteiger partial charge is 0.246 e. The highest BCUT2D eigenvalue weighted by Crippen LogP contribution is 2.24. The van der Waals surface area contributed by atoms with Gasteiger partial charge in [0.1, 0.15) is 0 Å². The molecule has 0 heterocycles. The van der Waals surface area contributed by atoms with Gasteiger partial charge in [0.05, 0.1) is 46.2 Å². The zero-order valence-corrected chi connectivity index (χ0v) is 18.8. The predicted octanol–water partition coefficient (Wildman–Crippen LogP) is 1.54. The topological polar surface area (TPSA) is 95.1 Å². The van der Waals surface area contributed by atoms with Gasteiger partial charge in [0.2, 0.25) is 11.8 Å². The number of amides is 2. The molecule has 0 rings (SSSR count). The fourth-order valence-electron chi connectivity index (χ4n) is 2.28. The molecule has 2 amide bonds. The maximum absolute atomic E-state index is 11.6. The van der Waals surface area contributed by atoms with E-state index in [9.17, 15) is 9.59 Å². The number of carbonyl (C=O) groups excluding carboxylic acids is 2. The third-order valence-corrected chi connectivity index (χ3v) is 4.40. The van der Waals surface area contributed by atoms with Gasteiger partial charge < -0.3 is 29.6 Å². The molecule has 0 saturated carbocycles. The quantitative estimate of drug-likeness (QED) is 0.260. The molecule has 8 nitrogen and oxygen atoms in total. The van der Waals surface area contributed by atoms with Crippen LogP contribution in [0.4, 0.5) is 0 Å². The lowest BCUT2D eigenvalue weighted by molar-refractivity contribution is -0.124. The second kappa shape index (κ2) is 16.3. The molecule has 0 aliphatic heterocycles. The summed E-state index contributed by atoms with van der Waals surface area (Å²) in [5.41, 5.74) is 0.158. The van der Waals surface area contributed by atoms with Crippen LogP contribution in [-0.4, -0.2) is 78.3 Å². The van der Waals surface area contributed by atoms with Crippen LogP contribution >= 0.6 is 0 Å². The first-order valence-electron chi connectivity index (χ1n) is 10.2. The Bertz CT molecular complexity index is 484. The van der Waals surface area contributed by atoms with Gasteiger partial charge >= 0.3 is 0 Å². The van der Waals surface area contributed by atoms with Gasteiger partial charge in [0.25, 0.3) is 0 Å². The van der Waals surface area contributed by atoms with E-state index in [1.807, 2.05) is 13.8 Å². The van der Waals surface area contributed by atoms with Crippen molar-refractivity contribution in [1.29, 1.82) is 0 Å². The van der Waals surface area contributed by atoms with Gasteiger partial charge in [-0.1, -0.05) is 27.4 Å². The van der Waals surface area contributed by atoms with Crippen LogP contribution in [0.5, 0.6) is 0 Å². The first kappa shape index (κ1) is 27.5. The zero-order chi connectivity index (χ0) is 22.1. The van der Waals surface area contributed by atoms with E-state index in [1.165, 1.54) is 0 Å². The molecule has 0 aromatic rings. The van der Waals surface area contributed by atoms with E-state index in [0.717, 1.165) is 6.42 Å². The predicted molar refractivity (Wildman–Crippen MR) is 113 cm³/mol. The van der Waals surface area contributed by atoms with Gasteiger partial charge in [0.15, 0.2) is 0 Å². The molecule has 0 aliphatic rings. The molecule has 0 aromatic carbocycles. The molecule has 0 saturated heterocycles. The molecule has 170 valence electrons. The summed E-state index contributed by atoms with van der Waals surface area (Å²) < 4.78 is 22.4. The highest BCUT2D eigenvalue weighted by atomic mass is 16.5. The van der Waals surface area contributed by atoms with Gasteiger partial charge in [-0.05, 0) is 13.3 Å².